The maximum absolute atomic E-state index is 11.2. The van der Waals surface area contributed by atoms with Crippen molar-refractivity contribution in [2.24, 2.45) is 5.92 Å². The van der Waals surface area contributed by atoms with Crippen LogP contribution >= 0.6 is 0 Å². The number of furan rings is 1. The minimum absolute atomic E-state index is 0.0411. The Morgan fingerprint density at radius 2 is 2.27 bits per heavy atom. The van der Waals surface area contributed by atoms with Crippen LogP contribution in [0, 0.1) is 5.92 Å². The summed E-state index contributed by atoms with van der Waals surface area (Å²) < 4.78 is 5.02. The highest BCUT2D eigenvalue weighted by Crippen LogP contribution is 2.28. The molecule has 2 N–H and O–H groups in total. The van der Waals surface area contributed by atoms with E-state index in [9.17, 15) is 9.59 Å². The molecule has 1 aromatic rings. The standard InChI is InChI=1S/C10H12N2O3/c13-9(7-3-4-7)12-10(14)11-6-8-2-1-5-15-8/h1-2,5,7H,3-4,6H2,(H2,11,12,13,14). The average Bonchev–Trinajstić information content (AvgIpc) is 2.93. The summed E-state index contributed by atoms with van der Waals surface area (Å²) in [4.78, 5) is 22.4. The van der Waals surface area contributed by atoms with Crippen LogP contribution in [0.2, 0.25) is 0 Å². The molecule has 0 bridgehead atoms. The maximum Gasteiger partial charge on any atom is 0.321 e. The summed E-state index contributed by atoms with van der Waals surface area (Å²) in [5.41, 5.74) is 0. The van der Waals surface area contributed by atoms with Gasteiger partial charge in [-0.25, -0.2) is 4.79 Å². The van der Waals surface area contributed by atoms with Crippen LogP contribution in [0.4, 0.5) is 4.79 Å². The lowest BCUT2D eigenvalue weighted by Crippen LogP contribution is -2.39. The predicted molar refractivity (Wildman–Crippen MR) is 51.8 cm³/mol. The van der Waals surface area contributed by atoms with E-state index in [1.165, 1.54) is 6.26 Å². The Morgan fingerprint density at radius 1 is 1.47 bits per heavy atom. The Balaban J connectivity index is 1.70. The molecule has 0 aromatic carbocycles. The number of hydrogen-bond donors (Lipinski definition) is 2. The predicted octanol–water partition coefficient (Wildman–Crippen LogP) is 1.02. The van der Waals surface area contributed by atoms with Crippen LogP contribution < -0.4 is 10.6 Å². The first-order valence-electron chi connectivity index (χ1n) is 4.87. The van der Waals surface area contributed by atoms with Crippen molar-refractivity contribution in [1.29, 1.82) is 0 Å². The first-order chi connectivity index (χ1) is 7.25. The summed E-state index contributed by atoms with van der Waals surface area (Å²) in [5.74, 6) is 0.510. The van der Waals surface area contributed by atoms with E-state index in [1.807, 2.05) is 0 Å². The molecule has 1 heterocycles. The van der Waals surface area contributed by atoms with Crippen LogP contribution in [0.5, 0.6) is 0 Å². The van der Waals surface area contributed by atoms with Gasteiger partial charge < -0.3 is 9.73 Å². The van der Waals surface area contributed by atoms with Crippen molar-refractivity contribution < 1.29 is 14.0 Å². The fourth-order valence-electron chi connectivity index (χ4n) is 1.18. The minimum atomic E-state index is -0.469. The van der Waals surface area contributed by atoms with Crippen LogP contribution in [-0.2, 0) is 11.3 Å². The molecule has 80 valence electrons. The summed E-state index contributed by atoms with van der Waals surface area (Å²) in [5, 5.41) is 4.81. The van der Waals surface area contributed by atoms with E-state index in [1.54, 1.807) is 12.1 Å². The SMILES string of the molecule is O=C(NCc1ccco1)NC(=O)C1CC1. The molecule has 1 saturated carbocycles. The average molecular weight is 208 g/mol. The normalized spacial score (nSPS) is 14.7. The van der Waals surface area contributed by atoms with Gasteiger partial charge >= 0.3 is 6.03 Å². The molecule has 2 rings (SSSR count). The quantitative estimate of drug-likeness (QED) is 0.778. The van der Waals surface area contributed by atoms with Crippen molar-refractivity contribution in [3.63, 3.8) is 0 Å². The topological polar surface area (TPSA) is 71.3 Å². The van der Waals surface area contributed by atoms with Crippen molar-refractivity contribution in [1.82, 2.24) is 10.6 Å². The summed E-state index contributed by atoms with van der Waals surface area (Å²) in [6.45, 7) is 0.288. The number of amides is 3. The molecular weight excluding hydrogens is 196 g/mol. The molecule has 1 aliphatic carbocycles. The summed E-state index contributed by atoms with van der Waals surface area (Å²) in [6.07, 6.45) is 3.30. The van der Waals surface area contributed by atoms with E-state index in [2.05, 4.69) is 10.6 Å². The number of imide groups is 1. The Kier molecular flexibility index (Phi) is 2.71. The van der Waals surface area contributed by atoms with Gasteiger partial charge in [0, 0.05) is 5.92 Å². The Morgan fingerprint density at radius 3 is 2.87 bits per heavy atom. The van der Waals surface area contributed by atoms with E-state index in [4.69, 9.17) is 4.42 Å². The second-order valence-electron chi connectivity index (χ2n) is 3.53. The van der Waals surface area contributed by atoms with Gasteiger partial charge in [-0.1, -0.05) is 0 Å². The fourth-order valence-corrected chi connectivity index (χ4v) is 1.18. The first-order valence-corrected chi connectivity index (χ1v) is 4.87. The van der Waals surface area contributed by atoms with Crippen molar-refractivity contribution in [3.8, 4) is 0 Å². The largest absolute Gasteiger partial charge is 0.467 e. The molecule has 5 heteroatoms. The number of urea groups is 1. The van der Waals surface area contributed by atoms with Crippen molar-refractivity contribution in [2.45, 2.75) is 19.4 Å². The Labute approximate surface area is 86.8 Å². The van der Waals surface area contributed by atoms with Crippen LogP contribution in [0.25, 0.3) is 0 Å². The lowest BCUT2D eigenvalue weighted by atomic mass is 10.4. The Bertz CT molecular complexity index is 355. The van der Waals surface area contributed by atoms with Crippen LogP contribution in [0.15, 0.2) is 22.8 Å². The van der Waals surface area contributed by atoms with E-state index in [0.717, 1.165) is 12.8 Å². The number of carbonyl (C=O) groups excluding carboxylic acids is 2. The van der Waals surface area contributed by atoms with E-state index in [0.29, 0.717) is 5.76 Å². The minimum Gasteiger partial charge on any atom is -0.467 e. The van der Waals surface area contributed by atoms with Gasteiger partial charge in [-0.2, -0.15) is 0 Å². The van der Waals surface area contributed by atoms with Gasteiger partial charge in [0.1, 0.15) is 5.76 Å². The number of carbonyl (C=O) groups is 2. The van der Waals surface area contributed by atoms with Crippen LogP contribution in [-0.4, -0.2) is 11.9 Å². The lowest BCUT2D eigenvalue weighted by molar-refractivity contribution is -0.121. The zero-order chi connectivity index (χ0) is 10.7. The third kappa shape index (κ3) is 2.83. The third-order valence-electron chi connectivity index (χ3n) is 2.19. The van der Waals surface area contributed by atoms with Crippen LogP contribution in [0.3, 0.4) is 0 Å². The molecule has 0 radical (unpaired) electrons. The van der Waals surface area contributed by atoms with Gasteiger partial charge in [0.05, 0.1) is 12.8 Å². The van der Waals surface area contributed by atoms with Gasteiger partial charge in [0.25, 0.3) is 0 Å². The number of hydrogen-bond acceptors (Lipinski definition) is 3. The molecule has 0 saturated heterocycles. The number of nitrogens with one attached hydrogen (secondary N) is 2. The maximum atomic E-state index is 11.2. The fraction of sp³-hybridized carbons (Fsp3) is 0.400. The molecule has 15 heavy (non-hydrogen) atoms. The van der Waals surface area contributed by atoms with E-state index in [-0.39, 0.29) is 18.4 Å². The van der Waals surface area contributed by atoms with Crippen LogP contribution in [0.1, 0.15) is 18.6 Å². The second-order valence-corrected chi connectivity index (χ2v) is 3.53. The van der Waals surface area contributed by atoms with E-state index >= 15 is 0 Å². The molecule has 0 aliphatic heterocycles. The van der Waals surface area contributed by atoms with Crippen molar-refractivity contribution >= 4 is 11.9 Å². The molecule has 1 fully saturated rings. The summed E-state index contributed by atoms with van der Waals surface area (Å²) >= 11 is 0. The molecule has 3 amide bonds. The highest BCUT2D eigenvalue weighted by atomic mass is 16.3. The van der Waals surface area contributed by atoms with Gasteiger partial charge in [0.15, 0.2) is 0 Å². The molecular formula is C10H12N2O3. The highest BCUT2D eigenvalue weighted by molar-refractivity contribution is 5.96. The van der Waals surface area contributed by atoms with Gasteiger partial charge in [-0.3, -0.25) is 10.1 Å². The molecule has 0 spiro atoms. The van der Waals surface area contributed by atoms with Gasteiger partial charge in [0.2, 0.25) is 5.91 Å². The molecule has 1 aliphatic rings. The smallest absolute Gasteiger partial charge is 0.321 e. The summed E-state index contributed by atoms with van der Waals surface area (Å²) in [7, 11) is 0. The zero-order valence-corrected chi connectivity index (χ0v) is 8.16. The lowest BCUT2D eigenvalue weighted by Gasteiger charge is -2.03. The second kappa shape index (κ2) is 4.16. The van der Waals surface area contributed by atoms with E-state index < -0.39 is 6.03 Å². The molecule has 5 nitrogen and oxygen atoms in total. The Hall–Kier alpha value is -1.78. The molecule has 0 unspecified atom stereocenters. The van der Waals surface area contributed by atoms with Gasteiger partial charge in [-0.05, 0) is 25.0 Å². The first kappa shape index (κ1) is 9.76. The van der Waals surface area contributed by atoms with Gasteiger partial charge in [-0.15, -0.1) is 0 Å². The molecule has 1 aromatic heterocycles. The molecule has 0 atom stereocenters. The third-order valence-corrected chi connectivity index (χ3v) is 2.19. The van der Waals surface area contributed by atoms with Crippen molar-refractivity contribution in [3.05, 3.63) is 24.2 Å². The summed E-state index contributed by atoms with van der Waals surface area (Å²) in [6, 6.07) is 3.02. The van der Waals surface area contributed by atoms with Crippen molar-refractivity contribution in [2.75, 3.05) is 0 Å². The monoisotopic (exact) mass is 208 g/mol. The highest BCUT2D eigenvalue weighted by Gasteiger charge is 2.30. The number of rotatable bonds is 3. The zero-order valence-electron chi connectivity index (χ0n) is 8.16.